The number of halogens is 2. The van der Waals surface area contributed by atoms with Gasteiger partial charge in [-0.25, -0.2) is 0 Å². The highest BCUT2D eigenvalue weighted by molar-refractivity contribution is 6.32. The number of hydrogen-bond acceptors (Lipinski definition) is 6. The summed E-state index contributed by atoms with van der Waals surface area (Å²) in [6, 6.07) is 0. The molecular formula is C9H12Cl2N4O2. The lowest BCUT2D eigenvalue weighted by Gasteiger charge is -2.36. The first-order chi connectivity index (χ1) is 8.15. The highest BCUT2D eigenvalue weighted by atomic mass is 35.5. The number of anilines is 1. The summed E-state index contributed by atoms with van der Waals surface area (Å²) >= 11 is 11.5. The van der Waals surface area contributed by atoms with Gasteiger partial charge in [0.15, 0.2) is 11.0 Å². The zero-order valence-corrected chi connectivity index (χ0v) is 10.5. The first kappa shape index (κ1) is 12.8. The summed E-state index contributed by atoms with van der Waals surface area (Å²) < 4.78 is 5.26. The van der Waals surface area contributed by atoms with Crippen molar-refractivity contribution in [2.75, 3.05) is 25.1 Å². The van der Waals surface area contributed by atoms with E-state index in [1.54, 1.807) is 0 Å². The number of nitrogens with one attached hydrogen (secondary N) is 1. The van der Waals surface area contributed by atoms with Crippen molar-refractivity contribution in [2.24, 2.45) is 0 Å². The molecule has 0 amide bonds. The maximum Gasteiger partial charge on any atom is 0.245 e. The van der Waals surface area contributed by atoms with Crippen LogP contribution in [0.2, 0.25) is 10.4 Å². The van der Waals surface area contributed by atoms with Gasteiger partial charge in [0.25, 0.3) is 0 Å². The van der Waals surface area contributed by atoms with Crippen LogP contribution in [0.3, 0.4) is 0 Å². The van der Waals surface area contributed by atoms with E-state index in [0.29, 0.717) is 31.9 Å². The van der Waals surface area contributed by atoms with Crippen LogP contribution in [0.15, 0.2) is 0 Å². The van der Waals surface area contributed by atoms with Crippen LogP contribution in [0.5, 0.6) is 0 Å². The minimum Gasteiger partial charge on any atom is -0.394 e. The molecule has 0 bridgehead atoms. The minimum absolute atomic E-state index is 0.0112. The van der Waals surface area contributed by atoms with Crippen molar-refractivity contribution in [3.05, 3.63) is 10.4 Å². The Morgan fingerprint density at radius 1 is 1.29 bits per heavy atom. The predicted molar refractivity (Wildman–Crippen MR) is 63.3 cm³/mol. The van der Waals surface area contributed by atoms with Gasteiger partial charge in [0, 0.05) is 13.2 Å². The predicted octanol–water partition coefficient (Wildman–Crippen LogP) is 1.13. The van der Waals surface area contributed by atoms with E-state index < -0.39 is 5.54 Å². The molecule has 1 aromatic heterocycles. The second kappa shape index (κ2) is 5.30. The van der Waals surface area contributed by atoms with Crippen LogP contribution in [0, 0.1) is 0 Å². The van der Waals surface area contributed by atoms with Crippen molar-refractivity contribution in [3.8, 4) is 0 Å². The second-order valence-corrected chi connectivity index (χ2v) is 4.59. The van der Waals surface area contributed by atoms with Gasteiger partial charge in [-0.1, -0.05) is 11.6 Å². The molecule has 0 radical (unpaired) electrons. The molecule has 1 aliphatic rings. The highest BCUT2D eigenvalue weighted by Gasteiger charge is 2.33. The monoisotopic (exact) mass is 278 g/mol. The third kappa shape index (κ3) is 2.95. The zero-order valence-electron chi connectivity index (χ0n) is 8.99. The molecule has 0 unspecified atom stereocenters. The van der Waals surface area contributed by atoms with E-state index in [-0.39, 0.29) is 17.0 Å². The molecule has 6 nitrogen and oxygen atoms in total. The van der Waals surface area contributed by atoms with Crippen LogP contribution in [0.1, 0.15) is 12.8 Å². The van der Waals surface area contributed by atoms with Crippen molar-refractivity contribution < 1.29 is 9.84 Å². The first-order valence-corrected chi connectivity index (χ1v) is 5.93. The van der Waals surface area contributed by atoms with Gasteiger partial charge in [-0.2, -0.15) is 4.98 Å². The number of aromatic nitrogens is 3. The molecule has 2 heterocycles. The smallest absolute Gasteiger partial charge is 0.245 e. The average molecular weight is 279 g/mol. The molecule has 0 aromatic carbocycles. The van der Waals surface area contributed by atoms with E-state index in [0.717, 1.165) is 0 Å². The van der Waals surface area contributed by atoms with E-state index in [4.69, 9.17) is 27.9 Å². The molecule has 1 fully saturated rings. The summed E-state index contributed by atoms with van der Waals surface area (Å²) in [7, 11) is 0. The summed E-state index contributed by atoms with van der Waals surface area (Å²) in [5, 5.41) is 19.9. The fraction of sp³-hybridized carbons (Fsp3) is 0.667. The van der Waals surface area contributed by atoms with Gasteiger partial charge in [0.1, 0.15) is 0 Å². The van der Waals surface area contributed by atoms with Crippen molar-refractivity contribution in [3.63, 3.8) is 0 Å². The lowest BCUT2D eigenvalue weighted by molar-refractivity contribution is 0.0378. The number of hydrogen-bond donors (Lipinski definition) is 2. The van der Waals surface area contributed by atoms with Crippen LogP contribution in [0.4, 0.5) is 5.82 Å². The molecular weight excluding hydrogens is 267 g/mol. The van der Waals surface area contributed by atoms with Crippen LogP contribution >= 0.6 is 23.2 Å². The molecule has 1 aliphatic heterocycles. The summed E-state index contributed by atoms with van der Waals surface area (Å²) in [6.45, 7) is 1.13. The molecule has 0 atom stereocenters. The number of aliphatic hydroxyl groups is 1. The quantitative estimate of drug-likeness (QED) is 0.863. The Bertz CT molecular complexity index is 399. The van der Waals surface area contributed by atoms with Gasteiger partial charge < -0.3 is 15.2 Å². The van der Waals surface area contributed by atoms with Gasteiger partial charge in [-0.05, 0) is 24.4 Å². The Balaban J connectivity index is 2.20. The third-order valence-corrected chi connectivity index (χ3v) is 3.17. The normalized spacial score (nSPS) is 19.0. The van der Waals surface area contributed by atoms with Gasteiger partial charge >= 0.3 is 0 Å². The van der Waals surface area contributed by atoms with Gasteiger partial charge in [-0.3, -0.25) is 0 Å². The topological polar surface area (TPSA) is 80.2 Å². The maximum absolute atomic E-state index is 9.51. The fourth-order valence-corrected chi connectivity index (χ4v) is 1.96. The van der Waals surface area contributed by atoms with Gasteiger partial charge in [0.2, 0.25) is 5.28 Å². The lowest BCUT2D eigenvalue weighted by Crippen LogP contribution is -2.47. The molecule has 1 saturated heterocycles. The standard InChI is InChI=1S/C9H12Cl2N4O2/c10-6-7(12-8(11)15-14-6)13-9(5-16)1-3-17-4-2-9/h16H,1-5H2,(H,12,13,15). The minimum atomic E-state index is -0.485. The van der Waals surface area contributed by atoms with E-state index in [9.17, 15) is 5.11 Å². The molecule has 94 valence electrons. The number of ether oxygens (including phenoxy) is 1. The Morgan fingerprint density at radius 2 is 2.00 bits per heavy atom. The Labute approximate surface area is 108 Å². The van der Waals surface area contributed by atoms with Crippen molar-refractivity contribution >= 4 is 29.0 Å². The van der Waals surface area contributed by atoms with Crippen LogP contribution in [-0.4, -0.2) is 45.6 Å². The summed E-state index contributed by atoms with van der Waals surface area (Å²) in [4.78, 5) is 3.96. The van der Waals surface area contributed by atoms with Crippen molar-refractivity contribution in [1.82, 2.24) is 15.2 Å². The fourth-order valence-electron chi connectivity index (χ4n) is 1.71. The lowest BCUT2D eigenvalue weighted by atomic mass is 9.91. The Hall–Kier alpha value is -0.690. The van der Waals surface area contributed by atoms with Gasteiger partial charge in [0.05, 0.1) is 12.1 Å². The molecule has 17 heavy (non-hydrogen) atoms. The Morgan fingerprint density at radius 3 is 2.65 bits per heavy atom. The molecule has 8 heteroatoms. The van der Waals surface area contributed by atoms with Crippen LogP contribution < -0.4 is 5.32 Å². The largest absolute Gasteiger partial charge is 0.394 e. The van der Waals surface area contributed by atoms with Gasteiger partial charge in [-0.15, -0.1) is 10.2 Å². The SMILES string of the molecule is OCC1(Nc2nc(Cl)nnc2Cl)CCOCC1. The summed E-state index contributed by atoms with van der Waals surface area (Å²) in [6.07, 6.45) is 1.34. The molecule has 0 aliphatic carbocycles. The van der Waals surface area contributed by atoms with E-state index in [1.807, 2.05) is 0 Å². The second-order valence-electron chi connectivity index (χ2n) is 3.90. The van der Waals surface area contributed by atoms with E-state index in [2.05, 4.69) is 20.5 Å². The number of aliphatic hydroxyl groups excluding tert-OH is 1. The average Bonchev–Trinajstić information content (AvgIpc) is 2.35. The van der Waals surface area contributed by atoms with E-state index in [1.165, 1.54) is 0 Å². The highest BCUT2D eigenvalue weighted by Crippen LogP contribution is 2.27. The van der Waals surface area contributed by atoms with E-state index >= 15 is 0 Å². The third-order valence-electron chi connectivity index (χ3n) is 2.76. The first-order valence-electron chi connectivity index (χ1n) is 5.18. The zero-order chi connectivity index (χ0) is 12.3. The van der Waals surface area contributed by atoms with Crippen molar-refractivity contribution in [2.45, 2.75) is 18.4 Å². The number of rotatable bonds is 3. The summed E-state index contributed by atoms with van der Waals surface area (Å²) in [5.74, 6) is 0.336. The summed E-state index contributed by atoms with van der Waals surface area (Å²) in [5.41, 5.74) is -0.485. The Kier molecular flexibility index (Phi) is 3.98. The molecule has 0 saturated carbocycles. The van der Waals surface area contributed by atoms with Crippen LogP contribution in [-0.2, 0) is 4.74 Å². The molecule has 2 N–H and O–H groups in total. The maximum atomic E-state index is 9.51. The van der Waals surface area contributed by atoms with Crippen LogP contribution in [0.25, 0.3) is 0 Å². The number of nitrogens with zero attached hydrogens (tertiary/aromatic N) is 3. The molecule has 0 spiro atoms. The van der Waals surface area contributed by atoms with Crippen molar-refractivity contribution in [1.29, 1.82) is 0 Å². The molecule has 2 rings (SSSR count). The molecule has 1 aromatic rings.